The van der Waals surface area contributed by atoms with Crippen LogP contribution in [0.3, 0.4) is 0 Å². The number of aromatic nitrogens is 1. The van der Waals surface area contributed by atoms with E-state index >= 15 is 0 Å². The lowest BCUT2D eigenvalue weighted by atomic mass is 10.1. The molecule has 196 valence electrons. The first-order valence-electron chi connectivity index (χ1n) is 10.4. The summed E-state index contributed by atoms with van der Waals surface area (Å²) in [6.45, 7) is 5.70. The van der Waals surface area contributed by atoms with E-state index in [0.29, 0.717) is 29.2 Å². The van der Waals surface area contributed by atoms with Crippen molar-refractivity contribution in [3.05, 3.63) is 32.9 Å². The molecule has 1 aromatic carbocycles. The maximum atomic E-state index is 12.6. The Morgan fingerprint density at radius 3 is 2.46 bits per heavy atom. The van der Waals surface area contributed by atoms with Crippen LogP contribution in [0.5, 0.6) is 0 Å². The van der Waals surface area contributed by atoms with E-state index in [9.17, 15) is 27.3 Å². The molecule has 1 atom stereocenters. The van der Waals surface area contributed by atoms with Gasteiger partial charge in [-0.2, -0.15) is 13.2 Å². The Labute approximate surface area is 218 Å². The van der Waals surface area contributed by atoms with Crippen molar-refractivity contribution in [2.45, 2.75) is 56.9 Å². The van der Waals surface area contributed by atoms with Crippen LogP contribution in [0.15, 0.2) is 17.0 Å². The minimum Gasteiger partial charge on any atom is -0.389 e. The van der Waals surface area contributed by atoms with Gasteiger partial charge in [0.2, 0.25) is 0 Å². The zero-order valence-corrected chi connectivity index (χ0v) is 22.5. The Kier molecular flexibility index (Phi) is 10.5. The average Bonchev–Trinajstić information content (AvgIpc) is 3.14. The first kappa shape index (κ1) is 29.9. The fourth-order valence-corrected chi connectivity index (χ4v) is 5.38. The van der Waals surface area contributed by atoms with Crippen molar-refractivity contribution in [3.63, 3.8) is 0 Å². The molecule has 0 aliphatic carbocycles. The largest absolute Gasteiger partial charge is 0.402 e. The summed E-state index contributed by atoms with van der Waals surface area (Å²) in [6, 6.07) is 2.78. The number of rotatable bonds is 11. The minimum absolute atomic E-state index is 0.00453. The molecule has 0 fully saturated rings. The maximum Gasteiger partial charge on any atom is 0.402 e. The van der Waals surface area contributed by atoms with Gasteiger partial charge in [-0.15, -0.1) is 11.3 Å². The van der Waals surface area contributed by atoms with Gasteiger partial charge >= 0.3 is 6.18 Å². The normalized spacial score (nSPS) is 13.3. The molecule has 2 rings (SSSR count). The highest BCUT2D eigenvalue weighted by Crippen LogP contribution is 2.41. The fourth-order valence-electron chi connectivity index (χ4n) is 2.67. The van der Waals surface area contributed by atoms with Crippen molar-refractivity contribution >= 4 is 51.4 Å². The summed E-state index contributed by atoms with van der Waals surface area (Å²) in [7, 11) is -2.25. The summed E-state index contributed by atoms with van der Waals surface area (Å²) in [5, 5.41) is 12.4. The van der Waals surface area contributed by atoms with Gasteiger partial charge in [-0.25, -0.2) is 13.9 Å². The van der Waals surface area contributed by atoms with E-state index in [0.717, 1.165) is 11.3 Å². The van der Waals surface area contributed by atoms with Crippen LogP contribution < -0.4 is 10.0 Å². The highest BCUT2D eigenvalue weighted by Gasteiger charge is 2.29. The van der Waals surface area contributed by atoms with Gasteiger partial charge in [-0.1, -0.05) is 29.3 Å². The van der Waals surface area contributed by atoms with Gasteiger partial charge in [-0.3, -0.25) is 4.79 Å². The SMILES string of the molecule is CC(C)OCCc1nc(C(=O)NCC(C)(C)O)sc1-c1ccc(S(=O)NCC(F)(F)F)c(Cl)c1Cl. The lowest BCUT2D eigenvalue weighted by Crippen LogP contribution is -2.38. The molecule has 0 aliphatic heterocycles. The standard InChI is InChI=1S/C21H26Cl2F3N3O4S2/c1-11(2)33-8-7-13-17(34-19(29-13)18(30)27-9-20(3,4)31)12-5-6-14(16(23)15(12)22)35(32)28-10-21(24,25)26/h5-6,11,28,31H,7-10H2,1-4H3,(H,27,30). The van der Waals surface area contributed by atoms with Crippen molar-refractivity contribution in [3.8, 4) is 10.4 Å². The monoisotopic (exact) mass is 575 g/mol. The molecule has 0 saturated carbocycles. The molecule has 2 aromatic rings. The summed E-state index contributed by atoms with van der Waals surface area (Å²) in [6.07, 6.45) is -4.23. The summed E-state index contributed by atoms with van der Waals surface area (Å²) < 4.78 is 57.1. The van der Waals surface area contributed by atoms with Crippen LogP contribution in [-0.2, 0) is 22.1 Å². The third kappa shape index (κ3) is 9.27. The third-order valence-electron chi connectivity index (χ3n) is 4.26. The Morgan fingerprint density at radius 1 is 1.23 bits per heavy atom. The van der Waals surface area contributed by atoms with Crippen molar-refractivity contribution in [2.75, 3.05) is 19.7 Å². The van der Waals surface area contributed by atoms with Gasteiger partial charge in [0, 0.05) is 18.5 Å². The van der Waals surface area contributed by atoms with Crippen LogP contribution in [0.4, 0.5) is 13.2 Å². The summed E-state index contributed by atoms with van der Waals surface area (Å²) in [4.78, 5) is 17.4. The number of nitrogens with one attached hydrogen (secondary N) is 2. The molecule has 0 aliphatic rings. The number of benzene rings is 1. The van der Waals surface area contributed by atoms with E-state index in [1.54, 1.807) is 13.8 Å². The molecule has 1 heterocycles. The van der Waals surface area contributed by atoms with Gasteiger partial charge in [0.05, 0.1) is 43.8 Å². The van der Waals surface area contributed by atoms with E-state index in [1.165, 1.54) is 12.1 Å². The van der Waals surface area contributed by atoms with Gasteiger partial charge in [0.15, 0.2) is 5.01 Å². The fraction of sp³-hybridized carbons (Fsp3) is 0.524. The molecular formula is C21H26Cl2F3N3O4S2. The molecule has 14 heteroatoms. The molecule has 3 N–H and O–H groups in total. The van der Waals surface area contributed by atoms with Crippen molar-refractivity contribution < 1.29 is 32.0 Å². The molecule has 1 unspecified atom stereocenters. The van der Waals surface area contributed by atoms with E-state index in [1.807, 2.05) is 18.6 Å². The van der Waals surface area contributed by atoms with E-state index < -0.39 is 35.2 Å². The van der Waals surface area contributed by atoms with Gasteiger partial charge in [0.25, 0.3) is 5.91 Å². The number of nitrogens with zero attached hydrogens (tertiary/aromatic N) is 1. The van der Waals surface area contributed by atoms with Crippen LogP contribution in [0.1, 0.15) is 43.2 Å². The predicted octanol–water partition coefficient (Wildman–Crippen LogP) is 4.76. The number of amides is 1. The van der Waals surface area contributed by atoms with E-state index in [-0.39, 0.29) is 32.6 Å². The van der Waals surface area contributed by atoms with E-state index in [2.05, 4.69) is 10.3 Å². The topological polar surface area (TPSA) is 101 Å². The second kappa shape index (κ2) is 12.3. The van der Waals surface area contributed by atoms with Crippen molar-refractivity contribution in [2.24, 2.45) is 0 Å². The predicted molar refractivity (Wildman–Crippen MR) is 131 cm³/mol. The number of thiazole rings is 1. The second-order valence-electron chi connectivity index (χ2n) is 8.40. The lowest BCUT2D eigenvalue weighted by molar-refractivity contribution is -0.121. The first-order chi connectivity index (χ1) is 16.1. The van der Waals surface area contributed by atoms with Gasteiger partial charge < -0.3 is 15.2 Å². The first-order valence-corrected chi connectivity index (χ1v) is 13.1. The van der Waals surface area contributed by atoms with Crippen LogP contribution in [0.25, 0.3) is 10.4 Å². The van der Waals surface area contributed by atoms with E-state index in [4.69, 9.17) is 27.9 Å². The number of halogens is 5. The number of alkyl halides is 3. The van der Waals surface area contributed by atoms with Crippen LogP contribution >= 0.6 is 34.5 Å². The Balaban J connectivity index is 2.40. The highest BCUT2D eigenvalue weighted by molar-refractivity contribution is 7.83. The molecule has 1 amide bonds. The van der Waals surface area contributed by atoms with Crippen molar-refractivity contribution in [1.82, 2.24) is 15.0 Å². The van der Waals surface area contributed by atoms with Gasteiger partial charge in [0.1, 0.15) is 17.5 Å². The lowest BCUT2D eigenvalue weighted by Gasteiger charge is -2.16. The number of carbonyl (C=O) groups is 1. The number of hydrogen-bond acceptors (Lipinski definition) is 6. The molecule has 0 spiro atoms. The zero-order valence-electron chi connectivity index (χ0n) is 19.4. The molecule has 0 saturated heterocycles. The van der Waals surface area contributed by atoms with Crippen molar-refractivity contribution in [1.29, 1.82) is 0 Å². The highest BCUT2D eigenvalue weighted by atomic mass is 35.5. The smallest absolute Gasteiger partial charge is 0.389 e. The number of hydrogen-bond donors (Lipinski definition) is 3. The summed E-state index contributed by atoms with van der Waals surface area (Å²) in [5.41, 5.74) is -0.232. The van der Waals surface area contributed by atoms with Crippen LogP contribution in [-0.4, -0.2) is 57.8 Å². The zero-order chi connectivity index (χ0) is 26.6. The summed E-state index contributed by atoms with van der Waals surface area (Å²) in [5.74, 6) is -0.495. The molecular weight excluding hydrogens is 550 g/mol. The quantitative estimate of drug-likeness (QED) is 0.358. The number of carbonyl (C=O) groups excluding carboxylic acids is 1. The Bertz CT molecular complexity index is 1070. The average molecular weight is 576 g/mol. The summed E-state index contributed by atoms with van der Waals surface area (Å²) >= 11 is 13.7. The van der Waals surface area contributed by atoms with Crippen LogP contribution in [0.2, 0.25) is 10.0 Å². The molecule has 35 heavy (non-hydrogen) atoms. The Morgan fingerprint density at radius 2 is 1.89 bits per heavy atom. The van der Waals surface area contributed by atoms with Crippen LogP contribution in [0, 0.1) is 0 Å². The molecule has 1 aromatic heterocycles. The maximum absolute atomic E-state index is 12.6. The molecule has 0 bridgehead atoms. The number of ether oxygens (including phenoxy) is 1. The Hall–Kier alpha value is -1.28. The molecule has 7 nitrogen and oxygen atoms in total. The third-order valence-corrected chi connectivity index (χ3v) is 7.53. The minimum atomic E-state index is -4.55. The number of aliphatic hydroxyl groups is 1. The van der Waals surface area contributed by atoms with Gasteiger partial charge in [-0.05, 0) is 33.8 Å². The second-order valence-corrected chi connectivity index (χ2v) is 11.4. The molecule has 0 radical (unpaired) electrons.